The lowest BCUT2D eigenvalue weighted by atomic mass is 10.1. The zero-order chi connectivity index (χ0) is 19.8. The topological polar surface area (TPSA) is 42.0 Å². The van der Waals surface area contributed by atoms with Gasteiger partial charge in [0.25, 0.3) is 0 Å². The summed E-state index contributed by atoms with van der Waals surface area (Å²) >= 11 is 0. The summed E-state index contributed by atoms with van der Waals surface area (Å²) in [6.45, 7) is 7.54. The van der Waals surface area contributed by atoms with E-state index in [1.54, 1.807) is 7.11 Å². The van der Waals surface area contributed by atoms with E-state index in [0.29, 0.717) is 12.2 Å². The van der Waals surface area contributed by atoms with Crippen LogP contribution in [-0.2, 0) is 11.3 Å². The SMILES string of the molecule is CCCCOC(=O)c1ccc(N2CCN(Cc3ccc(OC)cc3)CC2)cc1. The van der Waals surface area contributed by atoms with Crippen molar-refractivity contribution < 1.29 is 14.3 Å². The molecule has 0 spiro atoms. The van der Waals surface area contributed by atoms with Gasteiger partial charge in [-0.15, -0.1) is 0 Å². The molecule has 0 aromatic heterocycles. The van der Waals surface area contributed by atoms with Crippen LogP contribution in [-0.4, -0.2) is 50.8 Å². The number of anilines is 1. The van der Waals surface area contributed by atoms with Crippen molar-refractivity contribution in [2.45, 2.75) is 26.3 Å². The van der Waals surface area contributed by atoms with Gasteiger partial charge < -0.3 is 14.4 Å². The number of benzene rings is 2. The molecule has 0 aliphatic carbocycles. The average molecular weight is 383 g/mol. The molecule has 5 heteroatoms. The first kappa shape index (κ1) is 20.2. The van der Waals surface area contributed by atoms with Crippen LogP contribution in [0.2, 0.25) is 0 Å². The first-order chi connectivity index (χ1) is 13.7. The van der Waals surface area contributed by atoms with Gasteiger partial charge in [0.15, 0.2) is 0 Å². The number of ether oxygens (including phenoxy) is 2. The molecular formula is C23H30N2O3. The Morgan fingerprint density at radius 3 is 2.25 bits per heavy atom. The highest BCUT2D eigenvalue weighted by atomic mass is 16.5. The van der Waals surface area contributed by atoms with Crippen LogP contribution in [0.4, 0.5) is 5.69 Å². The van der Waals surface area contributed by atoms with E-state index < -0.39 is 0 Å². The fraction of sp³-hybridized carbons (Fsp3) is 0.435. The van der Waals surface area contributed by atoms with Crippen LogP contribution < -0.4 is 9.64 Å². The fourth-order valence-electron chi connectivity index (χ4n) is 3.35. The van der Waals surface area contributed by atoms with Gasteiger partial charge in [-0.2, -0.15) is 0 Å². The van der Waals surface area contributed by atoms with Crippen molar-refractivity contribution in [2.75, 3.05) is 44.8 Å². The Morgan fingerprint density at radius 1 is 0.964 bits per heavy atom. The highest BCUT2D eigenvalue weighted by molar-refractivity contribution is 5.89. The van der Waals surface area contributed by atoms with E-state index in [-0.39, 0.29) is 5.97 Å². The van der Waals surface area contributed by atoms with E-state index in [0.717, 1.165) is 57.0 Å². The summed E-state index contributed by atoms with van der Waals surface area (Å²) < 4.78 is 10.5. The van der Waals surface area contributed by atoms with Crippen molar-refractivity contribution in [1.29, 1.82) is 0 Å². The molecular weight excluding hydrogens is 352 g/mol. The third kappa shape index (κ3) is 5.49. The maximum Gasteiger partial charge on any atom is 0.338 e. The number of methoxy groups -OCH3 is 1. The molecule has 0 saturated carbocycles. The quantitative estimate of drug-likeness (QED) is 0.510. The summed E-state index contributed by atoms with van der Waals surface area (Å²) in [5.74, 6) is 0.663. The first-order valence-electron chi connectivity index (χ1n) is 10.1. The molecule has 2 aromatic carbocycles. The molecule has 1 fully saturated rings. The molecule has 1 aliphatic rings. The molecule has 3 rings (SSSR count). The van der Waals surface area contributed by atoms with E-state index in [1.165, 1.54) is 5.56 Å². The van der Waals surface area contributed by atoms with Crippen LogP contribution in [0, 0.1) is 0 Å². The number of esters is 1. The van der Waals surface area contributed by atoms with Gasteiger partial charge in [0, 0.05) is 38.4 Å². The second-order valence-corrected chi connectivity index (χ2v) is 7.15. The van der Waals surface area contributed by atoms with Crippen LogP contribution in [0.1, 0.15) is 35.7 Å². The number of carbonyl (C=O) groups excluding carboxylic acids is 1. The minimum absolute atomic E-state index is 0.232. The van der Waals surface area contributed by atoms with Gasteiger partial charge in [0.1, 0.15) is 5.75 Å². The number of unbranched alkanes of at least 4 members (excludes halogenated alkanes) is 1. The van der Waals surface area contributed by atoms with E-state index in [4.69, 9.17) is 9.47 Å². The highest BCUT2D eigenvalue weighted by Crippen LogP contribution is 2.19. The smallest absolute Gasteiger partial charge is 0.338 e. The zero-order valence-electron chi connectivity index (χ0n) is 16.9. The molecule has 2 aromatic rings. The molecule has 0 atom stereocenters. The lowest BCUT2D eigenvalue weighted by Crippen LogP contribution is -2.45. The van der Waals surface area contributed by atoms with Gasteiger partial charge in [-0.25, -0.2) is 4.79 Å². The number of piperazine rings is 1. The molecule has 150 valence electrons. The normalized spacial score (nSPS) is 14.7. The Morgan fingerprint density at radius 2 is 1.64 bits per heavy atom. The minimum atomic E-state index is -0.232. The van der Waals surface area contributed by atoms with E-state index in [2.05, 4.69) is 28.9 Å². The van der Waals surface area contributed by atoms with Crippen LogP contribution in [0.5, 0.6) is 5.75 Å². The number of nitrogens with zero attached hydrogens (tertiary/aromatic N) is 2. The molecule has 5 nitrogen and oxygen atoms in total. The molecule has 0 unspecified atom stereocenters. The van der Waals surface area contributed by atoms with Crippen molar-refractivity contribution in [3.8, 4) is 5.75 Å². The standard InChI is InChI=1S/C23H30N2O3/c1-3-4-17-28-23(26)20-7-9-21(10-8-20)25-15-13-24(14-16-25)18-19-5-11-22(27-2)12-6-19/h5-12H,3-4,13-18H2,1-2H3. The van der Waals surface area contributed by atoms with E-state index >= 15 is 0 Å². The Kier molecular flexibility index (Phi) is 7.31. The molecule has 1 saturated heterocycles. The average Bonchev–Trinajstić information content (AvgIpc) is 2.75. The third-order valence-electron chi connectivity index (χ3n) is 5.14. The van der Waals surface area contributed by atoms with Crippen molar-refractivity contribution in [3.05, 3.63) is 59.7 Å². The second kappa shape index (κ2) is 10.1. The van der Waals surface area contributed by atoms with E-state index in [9.17, 15) is 4.79 Å². The summed E-state index contributed by atoms with van der Waals surface area (Å²) in [6.07, 6.45) is 1.93. The second-order valence-electron chi connectivity index (χ2n) is 7.15. The van der Waals surface area contributed by atoms with Crippen molar-refractivity contribution >= 4 is 11.7 Å². The van der Waals surface area contributed by atoms with Crippen molar-refractivity contribution in [3.63, 3.8) is 0 Å². The molecule has 1 aliphatic heterocycles. The van der Waals surface area contributed by atoms with Crippen molar-refractivity contribution in [2.24, 2.45) is 0 Å². The monoisotopic (exact) mass is 382 g/mol. The zero-order valence-corrected chi connectivity index (χ0v) is 16.9. The number of carbonyl (C=O) groups is 1. The Labute approximate surface area is 167 Å². The summed E-state index contributed by atoms with van der Waals surface area (Å²) in [6, 6.07) is 16.1. The number of rotatable bonds is 8. The maximum absolute atomic E-state index is 12.0. The number of hydrogen-bond acceptors (Lipinski definition) is 5. The van der Waals surface area contributed by atoms with Gasteiger partial charge in [-0.3, -0.25) is 4.90 Å². The van der Waals surface area contributed by atoms with Gasteiger partial charge in [0.2, 0.25) is 0 Å². The van der Waals surface area contributed by atoms with Crippen molar-refractivity contribution in [1.82, 2.24) is 4.90 Å². The Balaban J connectivity index is 1.48. The van der Waals surface area contributed by atoms with Crippen LogP contribution in [0.15, 0.2) is 48.5 Å². The molecule has 0 amide bonds. The van der Waals surface area contributed by atoms with E-state index in [1.807, 2.05) is 36.4 Å². The lowest BCUT2D eigenvalue weighted by Gasteiger charge is -2.36. The summed E-state index contributed by atoms with van der Waals surface area (Å²) in [4.78, 5) is 16.9. The van der Waals surface area contributed by atoms with Crippen LogP contribution in [0.3, 0.4) is 0 Å². The molecule has 0 N–H and O–H groups in total. The maximum atomic E-state index is 12.0. The first-order valence-corrected chi connectivity index (χ1v) is 10.1. The van der Waals surface area contributed by atoms with Gasteiger partial charge >= 0.3 is 5.97 Å². The predicted molar refractivity (Wildman–Crippen MR) is 112 cm³/mol. The molecule has 0 radical (unpaired) electrons. The Bertz CT molecular complexity index is 735. The predicted octanol–water partition coefficient (Wildman–Crippen LogP) is 3.97. The molecule has 28 heavy (non-hydrogen) atoms. The minimum Gasteiger partial charge on any atom is -0.497 e. The third-order valence-corrected chi connectivity index (χ3v) is 5.14. The largest absolute Gasteiger partial charge is 0.497 e. The molecule has 0 bridgehead atoms. The summed E-state index contributed by atoms with van der Waals surface area (Å²) in [5, 5.41) is 0. The van der Waals surface area contributed by atoms with Crippen LogP contribution in [0.25, 0.3) is 0 Å². The number of hydrogen-bond donors (Lipinski definition) is 0. The Hall–Kier alpha value is -2.53. The highest BCUT2D eigenvalue weighted by Gasteiger charge is 2.18. The van der Waals surface area contributed by atoms with Gasteiger partial charge in [-0.1, -0.05) is 25.5 Å². The lowest BCUT2D eigenvalue weighted by molar-refractivity contribution is 0.0500. The van der Waals surface area contributed by atoms with Crippen LogP contribution >= 0.6 is 0 Å². The van der Waals surface area contributed by atoms with Gasteiger partial charge in [-0.05, 0) is 48.4 Å². The summed E-state index contributed by atoms with van der Waals surface area (Å²) in [5.41, 5.74) is 3.09. The van der Waals surface area contributed by atoms with Gasteiger partial charge in [0.05, 0.1) is 19.3 Å². The summed E-state index contributed by atoms with van der Waals surface area (Å²) in [7, 11) is 1.69. The fourth-order valence-corrected chi connectivity index (χ4v) is 3.35. The molecule has 1 heterocycles.